The van der Waals surface area contributed by atoms with Crippen molar-refractivity contribution in [3.63, 3.8) is 0 Å². The van der Waals surface area contributed by atoms with Gasteiger partial charge in [0.1, 0.15) is 0 Å². The Morgan fingerprint density at radius 3 is 2.64 bits per heavy atom. The summed E-state index contributed by atoms with van der Waals surface area (Å²) in [6.45, 7) is 9.18. The lowest BCUT2D eigenvalue weighted by Crippen LogP contribution is -2.09. The van der Waals surface area contributed by atoms with Crippen LogP contribution in [0.4, 0.5) is 0 Å². The van der Waals surface area contributed by atoms with Crippen LogP contribution in [0.5, 0.6) is 0 Å². The molecule has 0 saturated heterocycles. The number of hydrogen-bond donors (Lipinski definition) is 0. The molecule has 0 fully saturated rings. The van der Waals surface area contributed by atoms with E-state index in [1.54, 1.807) is 5.56 Å². The van der Waals surface area contributed by atoms with Gasteiger partial charge in [0.05, 0.1) is 0 Å². The Labute approximate surface area is 93.6 Å². The molecule has 2 aromatic heterocycles. The third kappa shape index (κ3) is 1.86. The van der Waals surface area contributed by atoms with Crippen LogP contribution in [0.25, 0.3) is 9.40 Å². The summed E-state index contributed by atoms with van der Waals surface area (Å²) in [5.41, 5.74) is 1.97. The number of rotatable bonds is 1. The quantitative estimate of drug-likeness (QED) is 0.649. The van der Waals surface area contributed by atoms with E-state index in [0.29, 0.717) is 5.41 Å². The van der Waals surface area contributed by atoms with Crippen LogP contribution in [0.2, 0.25) is 0 Å². The molecule has 0 aromatic carbocycles. The first-order valence-electron chi connectivity index (χ1n) is 4.93. The molecule has 0 nitrogen and oxygen atoms in total. The van der Waals surface area contributed by atoms with Crippen LogP contribution in [0.15, 0.2) is 11.4 Å². The van der Waals surface area contributed by atoms with Gasteiger partial charge in [0.15, 0.2) is 0 Å². The van der Waals surface area contributed by atoms with Crippen LogP contribution in [0, 0.1) is 12.3 Å². The average molecular weight is 224 g/mol. The topological polar surface area (TPSA) is 0 Å². The van der Waals surface area contributed by atoms with Gasteiger partial charge in [-0.05, 0) is 35.8 Å². The first-order chi connectivity index (χ1) is 6.47. The van der Waals surface area contributed by atoms with Crippen molar-refractivity contribution in [2.75, 3.05) is 0 Å². The second-order valence-corrected chi connectivity index (χ2v) is 7.16. The van der Waals surface area contributed by atoms with Gasteiger partial charge in [-0.2, -0.15) is 0 Å². The lowest BCUT2D eigenvalue weighted by molar-refractivity contribution is 0.412. The molecule has 0 aliphatic carbocycles. The van der Waals surface area contributed by atoms with Crippen LogP contribution in [0.3, 0.4) is 0 Å². The highest BCUT2D eigenvalue weighted by molar-refractivity contribution is 7.27. The summed E-state index contributed by atoms with van der Waals surface area (Å²) in [6.07, 6.45) is 1.19. The molecule has 0 amide bonds. The minimum Gasteiger partial charge on any atom is -0.143 e. The first kappa shape index (κ1) is 10.2. The fraction of sp³-hybridized carbons (Fsp3) is 0.500. The number of fused-ring (bicyclic) bond motifs is 1. The summed E-state index contributed by atoms with van der Waals surface area (Å²) in [5, 5.41) is 2.20. The maximum absolute atomic E-state index is 2.31. The molecule has 0 N–H and O–H groups in total. The second-order valence-electron chi connectivity index (χ2n) is 4.99. The fourth-order valence-corrected chi connectivity index (χ4v) is 4.01. The molecule has 0 radical (unpaired) electrons. The van der Waals surface area contributed by atoms with Crippen LogP contribution in [-0.4, -0.2) is 0 Å². The molecule has 0 unspecified atom stereocenters. The molecule has 2 rings (SSSR count). The van der Waals surface area contributed by atoms with Crippen molar-refractivity contribution in [3.05, 3.63) is 21.9 Å². The van der Waals surface area contributed by atoms with Crippen molar-refractivity contribution in [1.82, 2.24) is 0 Å². The van der Waals surface area contributed by atoms with Crippen molar-refractivity contribution < 1.29 is 0 Å². The maximum atomic E-state index is 2.31. The van der Waals surface area contributed by atoms with Gasteiger partial charge in [0, 0.05) is 14.3 Å². The Morgan fingerprint density at radius 1 is 1.29 bits per heavy atom. The van der Waals surface area contributed by atoms with Gasteiger partial charge in [0.2, 0.25) is 0 Å². The highest BCUT2D eigenvalue weighted by atomic mass is 32.1. The SMILES string of the molecule is Cc1sc2ccsc2c1CC(C)(C)C. The first-order valence-corrected chi connectivity index (χ1v) is 6.62. The number of thiophene rings is 2. The van der Waals surface area contributed by atoms with Crippen LogP contribution < -0.4 is 0 Å². The minimum absolute atomic E-state index is 0.392. The standard InChI is InChI=1S/C12H16S2/c1-8-9(7-12(2,3)4)11-10(14-8)5-6-13-11/h5-6H,7H2,1-4H3. The molecular formula is C12H16S2. The summed E-state index contributed by atoms with van der Waals surface area (Å²) in [7, 11) is 0. The Hall–Kier alpha value is -0.340. The molecule has 2 aromatic rings. The fourth-order valence-electron chi connectivity index (χ4n) is 1.72. The van der Waals surface area contributed by atoms with Crippen LogP contribution in [0.1, 0.15) is 31.2 Å². The van der Waals surface area contributed by atoms with Crippen molar-refractivity contribution in [2.24, 2.45) is 5.41 Å². The Kier molecular flexibility index (Phi) is 2.44. The average Bonchev–Trinajstić information content (AvgIpc) is 2.54. The zero-order valence-corrected chi connectivity index (χ0v) is 10.8. The summed E-state index contributed by atoms with van der Waals surface area (Å²) < 4.78 is 2.98. The largest absolute Gasteiger partial charge is 0.143 e. The van der Waals surface area contributed by atoms with Crippen LogP contribution >= 0.6 is 22.7 Å². The lowest BCUT2D eigenvalue weighted by atomic mass is 9.88. The third-order valence-corrected chi connectivity index (χ3v) is 4.51. The van der Waals surface area contributed by atoms with E-state index in [9.17, 15) is 0 Å². The zero-order chi connectivity index (χ0) is 10.3. The second kappa shape index (κ2) is 3.35. The molecule has 0 aliphatic heterocycles. The molecule has 0 saturated carbocycles. The predicted molar refractivity (Wildman–Crippen MR) is 67.6 cm³/mol. The highest BCUT2D eigenvalue weighted by Gasteiger charge is 2.17. The molecule has 0 atom stereocenters. The number of aryl methyl sites for hydroxylation is 1. The van der Waals surface area contributed by atoms with E-state index >= 15 is 0 Å². The van der Waals surface area contributed by atoms with E-state index in [1.165, 1.54) is 20.7 Å². The van der Waals surface area contributed by atoms with Gasteiger partial charge in [-0.3, -0.25) is 0 Å². The molecular weight excluding hydrogens is 208 g/mol. The van der Waals surface area contributed by atoms with Gasteiger partial charge in [-0.25, -0.2) is 0 Å². The van der Waals surface area contributed by atoms with Crippen molar-refractivity contribution >= 4 is 32.1 Å². The van der Waals surface area contributed by atoms with Gasteiger partial charge >= 0.3 is 0 Å². The molecule has 2 heterocycles. The Bertz CT molecular complexity index is 440. The zero-order valence-electron chi connectivity index (χ0n) is 9.18. The Balaban J connectivity index is 2.49. The Morgan fingerprint density at radius 2 is 2.00 bits per heavy atom. The molecule has 0 aliphatic rings. The highest BCUT2D eigenvalue weighted by Crippen LogP contribution is 2.37. The summed E-state index contributed by atoms with van der Waals surface area (Å²) >= 11 is 3.82. The van der Waals surface area contributed by atoms with E-state index in [0.717, 1.165) is 0 Å². The number of hydrogen-bond acceptors (Lipinski definition) is 2. The third-order valence-electron chi connectivity index (χ3n) is 2.30. The maximum Gasteiger partial charge on any atom is 0.0485 e. The minimum atomic E-state index is 0.392. The molecule has 0 bridgehead atoms. The van der Waals surface area contributed by atoms with E-state index in [4.69, 9.17) is 0 Å². The van der Waals surface area contributed by atoms with E-state index < -0.39 is 0 Å². The van der Waals surface area contributed by atoms with Gasteiger partial charge < -0.3 is 0 Å². The van der Waals surface area contributed by atoms with E-state index in [2.05, 4.69) is 39.1 Å². The van der Waals surface area contributed by atoms with Crippen molar-refractivity contribution in [1.29, 1.82) is 0 Å². The normalized spacial score (nSPS) is 12.6. The van der Waals surface area contributed by atoms with Gasteiger partial charge in [0.25, 0.3) is 0 Å². The summed E-state index contributed by atoms with van der Waals surface area (Å²) in [4.78, 5) is 1.50. The van der Waals surface area contributed by atoms with Crippen molar-refractivity contribution in [2.45, 2.75) is 34.1 Å². The van der Waals surface area contributed by atoms with E-state index in [-0.39, 0.29) is 0 Å². The van der Waals surface area contributed by atoms with E-state index in [1.807, 2.05) is 22.7 Å². The predicted octanol–water partition coefficient (Wildman–Crippen LogP) is 4.86. The molecule has 14 heavy (non-hydrogen) atoms. The van der Waals surface area contributed by atoms with Crippen molar-refractivity contribution in [3.8, 4) is 0 Å². The molecule has 2 heteroatoms. The van der Waals surface area contributed by atoms with Crippen LogP contribution in [-0.2, 0) is 6.42 Å². The lowest BCUT2D eigenvalue weighted by Gasteiger charge is -2.17. The molecule has 76 valence electrons. The van der Waals surface area contributed by atoms with Gasteiger partial charge in [-0.1, -0.05) is 20.8 Å². The monoisotopic (exact) mass is 224 g/mol. The summed E-state index contributed by atoms with van der Waals surface area (Å²) in [6, 6.07) is 2.24. The summed E-state index contributed by atoms with van der Waals surface area (Å²) in [5.74, 6) is 0. The molecule has 0 spiro atoms. The smallest absolute Gasteiger partial charge is 0.0485 e. The van der Waals surface area contributed by atoms with Gasteiger partial charge in [-0.15, -0.1) is 22.7 Å².